The zero-order valence-corrected chi connectivity index (χ0v) is 10.0. The van der Waals surface area contributed by atoms with Gasteiger partial charge < -0.3 is 0 Å². The van der Waals surface area contributed by atoms with Crippen LogP contribution < -0.4 is 5.32 Å². The van der Waals surface area contributed by atoms with Gasteiger partial charge in [0.25, 0.3) is 5.69 Å². The quantitative estimate of drug-likeness (QED) is 0.514. The number of hydrogen-bond acceptors (Lipinski definition) is 4. The number of nitrogens with zero attached hydrogens (tertiary/aromatic N) is 1. The fourth-order valence-corrected chi connectivity index (χ4v) is 3.06. The summed E-state index contributed by atoms with van der Waals surface area (Å²) in [7, 11) is 0. The molecule has 1 fully saturated rings. The third kappa shape index (κ3) is 2.48. The van der Waals surface area contributed by atoms with Gasteiger partial charge in [0.15, 0.2) is 0 Å². The van der Waals surface area contributed by atoms with E-state index in [1.54, 1.807) is 23.9 Å². The van der Waals surface area contributed by atoms with Crippen molar-refractivity contribution in [3.8, 4) is 0 Å². The van der Waals surface area contributed by atoms with Crippen molar-refractivity contribution in [2.75, 3.05) is 11.6 Å². The lowest BCUT2D eigenvalue weighted by Crippen LogP contribution is -2.24. The second-order valence-corrected chi connectivity index (χ2v) is 5.09. The number of non-ortho nitro benzene ring substituents is 1. The van der Waals surface area contributed by atoms with E-state index in [1.807, 2.05) is 0 Å². The van der Waals surface area contributed by atoms with Crippen molar-refractivity contribution in [3.63, 3.8) is 0 Å². The first-order chi connectivity index (χ1) is 7.70. The largest absolute Gasteiger partial charge is 0.297 e. The van der Waals surface area contributed by atoms with E-state index in [-0.39, 0.29) is 22.0 Å². The molecule has 0 saturated carbocycles. The molecular formula is C10H11ClN2O2S. The average Bonchev–Trinajstić information content (AvgIpc) is 2.77. The van der Waals surface area contributed by atoms with Crippen LogP contribution in [0.2, 0.25) is 0 Å². The van der Waals surface area contributed by atoms with Crippen LogP contribution in [0.25, 0.3) is 0 Å². The first-order valence-electron chi connectivity index (χ1n) is 4.88. The van der Waals surface area contributed by atoms with Crippen molar-refractivity contribution in [1.29, 1.82) is 0 Å². The highest BCUT2D eigenvalue weighted by atomic mass is 35.5. The molecule has 0 spiro atoms. The van der Waals surface area contributed by atoms with Gasteiger partial charge in [-0.05, 0) is 5.56 Å². The zero-order chi connectivity index (χ0) is 11.5. The molecule has 2 atom stereocenters. The Morgan fingerprint density at radius 2 is 2.19 bits per heavy atom. The molecule has 0 aromatic heterocycles. The van der Waals surface area contributed by atoms with E-state index >= 15 is 0 Å². The molecule has 1 aliphatic heterocycles. The summed E-state index contributed by atoms with van der Waals surface area (Å²) in [5.41, 5.74) is 1.20. The highest BCUT2D eigenvalue weighted by Gasteiger charge is 2.24. The molecule has 1 heterocycles. The molecule has 1 aromatic rings. The van der Waals surface area contributed by atoms with Gasteiger partial charge in [-0.2, -0.15) is 0 Å². The van der Waals surface area contributed by atoms with Crippen LogP contribution in [0.3, 0.4) is 0 Å². The highest BCUT2D eigenvalue weighted by molar-refractivity contribution is 8.00. The van der Waals surface area contributed by atoms with E-state index in [4.69, 9.17) is 11.6 Å². The van der Waals surface area contributed by atoms with Gasteiger partial charge in [-0.1, -0.05) is 12.1 Å². The van der Waals surface area contributed by atoms with Gasteiger partial charge in [-0.15, -0.1) is 23.4 Å². The molecule has 4 nitrogen and oxygen atoms in total. The van der Waals surface area contributed by atoms with Crippen molar-refractivity contribution < 1.29 is 4.92 Å². The fourth-order valence-electron chi connectivity index (χ4n) is 1.64. The molecule has 6 heteroatoms. The van der Waals surface area contributed by atoms with Gasteiger partial charge in [-0.25, -0.2) is 0 Å². The van der Waals surface area contributed by atoms with E-state index < -0.39 is 0 Å². The van der Waals surface area contributed by atoms with E-state index in [0.29, 0.717) is 5.88 Å². The van der Waals surface area contributed by atoms with Crippen LogP contribution in [-0.4, -0.2) is 21.9 Å². The first kappa shape index (κ1) is 11.7. The van der Waals surface area contributed by atoms with Crippen LogP contribution in [0.4, 0.5) is 5.69 Å². The standard InChI is InChI=1S/C10H11ClN2O2S/c11-5-10-12-9(6-16-10)7-1-3-8(4-2-7)13(14)15/h1-4,9-10,12H,5-6H2. The summed E-state index contributed by atoms with van der Waals surface area (Å²) in [6.07, 6.45) is 0. The minimum atomic E-state index is -0.387. The van der Waals surface area contributed by atoms with Gasteiger partial charge in [0.2, 0.25) is 0 Å². The number of rotatable bonds is 3. The topological polar surface area (TPSA) is 55.2 Å². The third-order valence-corrected chi connectivity index (χ3v) is 4.22. The van der Waals surface area contributed by atoms with E-state index in [0.717, 1.165) is 11.3 Å². The molecule has 0 amide bonds. The summed E-state index contributed by atoms with van der Waals surface area (Å²) in [5.74, 6) is 1.53. The van der Waals surface area contributed by atoms with E-state index in [2.05, 4.69) is 5.32 Å². The maximum Gasteiger partial charge on any atom is 0.269 e. The van der Waals surface area contributed by atoms with Gasteiger partial charge >= 0.3 is 0 Å². The molecule has 2 unspecified atom stereocenters. The van der Waals surface area contributed by atoms with Crippen molar-refractivity contribution >= 4 is 29.1 Å². The summed E-state index contributed by atoms with van der Waals surface area (Å²) in [5, 5.41) is 14.1. The van der Waals surface area contributed by atoms with Crippen molar-refractivity contribution in [1.82, 2.24) is 5.32 Å². The predicted molar refractivity (Wildman–Crippen MR) is 65.9 cm³/mol. The smallest absolute Gasteiger partial charge is 0.269 e. The highest BCUT2D eigenvalue weighted by Crippen LogP contribution is 2.30. The number of nitro groups is 1. The molecule has 16 heavy (non-hydrogen) atoms. The Bertz CT molecular complexity index is 385. The number of benzene rings is 1. The van der Waals surface area contributed by atoms with Crippen LogP contribution in [0, 0.1) is 10.1 Å². The number of halogens is 1. The molecular weight excluding hydrogens is 248 g/mol. The van der Waals surface area contributed by atoms with Crippen LogP contribution in [0.1, 0.15) is 11.6 Å². The second kappa shape index (κ2) is 5.03. The van der Waals surface area contributed by atoms with Gasteiger partial charge in [0.1, 0.15) is 0 Å². The van der Waals surface area contributed by atoms with Crippen LogP contribution in [0.15, 0.2) is 24.3 Å². The van der Waals surface area contributed by atoms with E-state index in [9.17, 15) is 10.1 Å². The second-order valence-electron chi connectivity index (χ2n) is 3.54. The molecule has 0 radical (unpaired) electrons. The summed E-state index contributed by atoms with van der Waals surface area (Å²) in [6.45, 7) is 0. The lowest BCUT2D eigenvalue weighted by atomic mass is 10.1. The minimum absolute atomic E-state index is 0.128. The number of nitrogens with one attached hydrogen (secondary N) is 1. The Balaban J connectivity index is 2.08. The Hall–Kier alpha value is -0.780. The van der Waals surface area contributed by atoms with Crippen molar-refractivity contribution in [3.05, 3.63) is 39.9 Å². The number of hydrogen-bond donors (Lipinski definition) is 1. The monoisotopic (exact) mass is 258 g/mol. The minimum Gasteiger partial charge on any atom is -0.297 e. The van der Waals surface area contributed by atoms with Gasteiger partial charge in [0.05, 0.1) is 10.3 Å². The van der Waals surface area contributed by atoms with Crippen LogP contribution in [-0.2, 0) is 0 Å². The fraction of sp³-hybridized carbons (Fsp3) is 0.400. The van der Waals surface area contributed by atoms with Crippen molar-refractivity contribution in [2.24, 2.45) is 0 Å². The molecule has 1 aliphatic rings. The number of thioether (sulfide) groups is 1. The summed E-state index contributed by atoms with van der Waals surface area (Å²) < 4.78 is 0. The molecule has 0 aliphatic carbocycles. The molecule has 2 rings (SSSR count). The van der Waals surface area contributed by atoms with Crippen molar-refractivity contribution in [2.45, 2.75) is 11.4 Å². The molecule has 86 valence electrons. The predicted octanol–water partition coefficient (Wildman–Crippen LogP) is 2.54. The summed E-state index contributed by atoms with van der Waals surface area (Å²) in [4.78, 5) is 10.1. The Labute approximate surface area is 103 Å². The maximum atomic E-state index is 10.5. The molecule has 1 N–H and O–H groups in total. The average molecular weight is 259 g/mol. The Morgan fingerprint density at radius 1 is 1.50 bits per heavy atom. The molecule has 1 saturated heterocycles. The van der Waals surface area contributed by atoms with Crippen LogP contribution >= 0.6 is 23.4 Å². The molecule has 1 aromatic carbocycles. The lowest BCUT2D eigenvalue weighted by Gasteiger charge is -2.11. The van der Waals surface area contributed by atoms with Crippen LogP contribution in [0.5, 0.6) is 0 Å². The summed E-state index contributed by atoms with van der Waals surface area (Å²) >= 11 is 7.53. The third-order valence-electron chi connectivity index (χ3n) is 2.50. The lowest BCUT2D eigenvalue weighted by molar-refractivity contribution is -0.384. The summed E-state index contributed by atoms with van der Waals surface area (Å²) in [6, 6.07) is 6.92. The Morgan fingerprint density at radius 3 is 2.69 bits per heavy atom. The van der Waals surface area contributed by atoms with Gasteiger partial charge in [0, 0.05) is 29.8 Å². The normalized spacial score (nSPS) is 24.6. The van der Waals surface area contributed by atoms with Gasteiger partial charge in [-0.3, -0.25) is 15.4 Å². The Kier molecular flexibility index (Phi) is 3.68. The SMILES string of the molecule is O=[N+]([O-])c1ccc(C2CSC(CCl)N2)cc1. The molecule has 0 bridgehead atoms. The zero-order valence-electron chi connectivity index (χ0n) is 8.43. The first-order valence-corrected chi connectivity index (χ1v) is 6.47. The number of nitro benzene ring substituents is 1. The maximum absolute atomic E-state index is 10.5. The number of alkyl halides is 1. The van der Waals surface area contributed by atoms with E-state index in [1.165, 1.54) is 12.1 Å².